The smallest absolute Gasteiger partial charge is 0.413 e. The van der Waals surface area contributed by atoms with Crippen molar-refractivity contribution in [3.05, 3.63) is 29.8 Å². The number of alkyl carbamates (subject to hydrolysis) is 1. The number of ether oxygens (including phenoxy) is 2. The number of amides is 2. The summed E-state index contributed by atoms with van der Waals surface area (Å²) in [5, 5.41) is 1.92. The van der Waals surface area contributed by atoms with Gasteiger partial charge in [-0.1, -0.05) is 0 Å². The maximum Gasteiger partial charge on any atom is 0.413 e. The van der Waals surface area contributed by atoms with Crippen LogP contribution in [0.3, 0.4) is 0 Å². The molecule has 0 aliphatic rings. The summed E-state index contributed by atoms with van der Waals surface area (Å²) in [6.07, 6.45) is -0.0731. The van der Waals surface area contributed by atoms with Crippen LogP contribution >= 0.6 is 11.8 Å². The van der Waals surface area contributed by atoms with Gasteiger partial charge in [-0.3, -0.25) is 10.1 Å². The van der Waals surface area contributed by atoms with Gasteiger partial charge in [0, 0.05) is 4.90 Å². The first-order valence-electron chi connectivity index (χ1n) is 5.71. The molecule has 0 fully saturated rings. The molecule has 0 saturated heterocycles. The SMILES string of the molecule is COC(=O)NC(=O)[C@@H](C)OC(=O)c1ccc(SC)cc1. The van der Waals surface area contributed by atoms with E-state index in [1.807, 2.05) is 11.6 Å². The average molecular weight is 297 g/mol. The van der Waals surface area contributed by atoms with Gasteiger partial charge in [0.15, 0.2) is 6.10 Å². The standard InChI is InChI=1S/C13H15NO5S/c1-8(11(15)14-13(17)18-2)19-12(16)9-4-6-10(20-3)7-5-9/h4-8H,1-3H3,(H,14,15,17)/t8-/m1/s1. The van der Waals surface area contributed by atoms with Crippen LogP contribution in [0.4, 0.5) is 4.79 Å². The van der Waals surface area contributed by atoms with E-state index in [0.717, 1.165) is 12.0 Å². The van der Waals surface area contributed by atoms with Gasteiger partial charge in [0.25, 0.3) is 5.91 Å². The number of esters is 1. The van der Waals surface area contributed by atoms with Crippen molar-refractivity contribution in [3.63, 3.8) is 0 Å². The van der Waals surface area contributed by atoms with Gasteiger partial charge in [-0.05, 0) is 37.4 Å². The Morgan fingerprint density at radius 1 is 1.20 bits per heavy atom. The minimum atomic E-state index is -1.10. The Morgan fingerprint density at radius 3 is 2.30 bits per heavy atom. The van der Waals surface area contributed by atoms with E-state index in [4.69, 9.17) is 4.74 Å². The third kappa shape index (κ3) is 4.58. The van der Waals surface area contributed by atoms with Crippen LogP contribution in [0, 0.1) is 0 Å². The van der Waals surface area contributed by atoms with E-state index in [2.05, 4.69) is 4.74 Å². The minimum absolute atomic E-state index is 0.334. The van der Waals surface area contributed by atoms with Crippen molar-refractivity contribution in [1.82, 2.24) is 5.32 Å². The summed E-state index contributed by atoms with van der Waals surface area (Å²) < 4.78 is 9.22. The van der Waals surface area contributed by atoms with Crippen LogP contribution in [0.1, 0.15) is 17.3 Å². The first-order chi connectivity index (χ1) is 9.47. The second-order valence-electron chi connectivity index (χ2n) is 3.76. The van der Waals surface area contributed by atoms with Gasteiger partial charge in [0.05, 0.1) is 12.7 Å². The fourth-order valence-electron chi connectivity index (χ4n) is 1.26. The molecule has 0 unspecified atom stereocenters. The number of methoxy groups -OCH3 is 1. The fraction of sp³-hybridized carbons (Fsp3) is 0.308. The molecule has 0 radical (unpaired) electrons. The van der Waals surface area contributed by atoms with Gasteiger partial charge in [-0.15, -0.1) is 11.8 Å². The lowest BCUT2D eigenvalue weighted by Gasteiger charge is -2.12. The molecule has 7 heteroatoms. The van der Waals surface area contributed by atoms with Crippen molar-refractivity contribution in [2.45, 2.75) is 17.9 Å². The Bertz CT molecular complexity index is 500. The molecule has 0 heterocycles. The number of imide groups is 1. The van der Waals surface area contributed by atoms with Gasteiger partial charge < -0.3 is 9.47 Å². The summed E-state index contributed by atoms with van der Waals surface area (Å²) in [5.41, 5.74) is 0.334. The molecule has 1 atom stereocenters. The molecular weight excluding hydrogens is 282 g/mol. The molecule has 0 saturated carbocycles. The number of carbonyl (C=O) groups is 3. The summed E-state index contributed by atoms with van der Waals surface area (Å²) in [5.74, 6) is -1.38. The summed E-state index contributed by atoms with van der Waals surface area (Å²) >= 11 is 1.55. The molecule has 108 valence electrons. The molecule has 0 spiro atoms. The van der Waals surface area contributed by atoms with Crippen LogP contribution in [0.2, 0.25) is 0 Å². The van der Waals surface area contributed by atoms with Crippen molar-refractivity contribution in [2.24, 2.45) is 0 Å². The third-order valence-electron chi connectivity index (χ3n) is 2.39. The van der Waals surface area contributed by atoms with Crippen molar-refractivity contribution in [2.75, 3.05) is 13.4 Å². The van der Waals surface area contributed by atoms with Gasteiger partial charge in [0.1, 0.15) is 0 Å². The first kappa shape index (κ1) is 16.0. The first-order valence-corrected chi connectivity index (χ1v) is 6.94. The molecule has 2 amide bonds. The van der Waals surface area contributed by atoms with Gasteiger partial charge in [0.2, 0.25) is 0 Å². The Kier molecular flexibility index (Phi) is 6.05. The molecule has 6 nitrogen and oxygen atoms in total. The molecule has 0 aliphatic carbocycles. The average Bonchev–Trinajstić information content (AvgIpc) is 2.46. The van der Waals surface area contributed by atoms with Crippen LogP contribution in [0.5, 0.6) is 0 Å². The highest BCUT2D eigenvalue weighted by Crippen LogP contribution is 2.15. The largest absolute Gasteiger partial charge is 0.453 e. The summed E-state index contributed by atoms with van der Waals surface area (Å²) in [6, 6.07) is 6.78. The Labute approximate surface area is 120 Å². The third-order valence-corrected chi connectivity index (χ3v) is 3.13. The quantitative estimate of drug-likeness (QED) is 0.674. The Hall–Kier alpha value is -2.02. The van der Waals surface area contributed by atoms with E-state index in [-0.39, 0.29) is 0 Å². The summed E-state index contributed by atoms with van der Waals surface area (Å²) in [4.78, 5) is 35.1. The highest BCUT2D eigenvalue weighted by molar-refractivity contribution is 7.98. The van der Waals surface area contributed by atoms with Crippen LogP contribution in [-0.2, 0) is 14.3 Å². The zero-order valence-corrected chi connectivity index (χ0v) is 12.2. The van der Waals surface area contributed by atoms with E-state index in [1.165, 1.54) is 6.92 Å². The van der Waals surface area contributed by atoms with Crippen molar-refractivity contribution in [3.8, 4) is 0 Å². The highest BCUT2D eigenvalue weighted by Gasteiger charge is 2.20. The molecule has 20 heavy (non-hydrogen) atoms. The monoisotopic (exact) mass is 297 g/mol. The predicted octanol–water partition coefficient (Wildman–Crippen LogP) is 1.84. The molecule has 1 N–H and O–H groups in total. The second-order valence-corrected chi connectivity index (χ2v) is 4.64. The molecule has 1 aromatic rings. The van der Waals surface area contributed by atoms with Crippen molar-refractivity contribution >= 4 is 29.7 Å². The van der Waals surface area contributed by atoms with E-state index in [9.17, 15) is 14.4 Å². The molecule has 0 aromatic heterocycles. The van der Waals surface area contributed by atoms with Crippen LogP contribution in [0.15, 0.2) is 29.2 Å². The molecule has 0 aliphatic heterocycles. The zero-order valence-electron chi connectivity index (χ0n) is 11.3. The lowest BCUT2D eigenvalue weighted by atomic mass is 10.2. The minimum Gasteiger partial charge on any atom is -0.453 e. The number of carbonyl (C=O) groups excluding carboxylic acids is 3. The molecule has 0 bridgehead atoms. The molecule has 1 rings (SSSR count). The lowest BCUT2D eigenvalue weighted by Crippen LogP contribution is -2.39. The van der Waals surface area contributed by atoms with Crippen molar-refractivity contribution < 1.29 is 23.9 Å². The predicted molar refractivity (Wildman–Crippen MR) is 73.6 cm³/mol. The maximum absolute atomic E-state index is 11.8. The van der Waals surface area contributed by atoms with E-state index in [0.29, 0.717) is 5.56 Å². The number of hydrogen-bond acceptors (Lipinski definition) is 6. The zero-order chi connectivity index (χ0) is 15.1. The number of rotatable bonds is 4. The number of hydrogen-bond donors (Lipinski definition) is 1. The lowest BCUT2D eigenvalue weighted by molar-refractivity contribution is -0.128. The maximum atomic E-state index is 11.8. The van der Waals surface area contributed by atoms with Gasteiger partial charge >= 0.3 is 12.1 Å². The normalized spacial score (nSPS) is 11.3. The number of nitrogens with one attached hydrogen (secondary N) is 1. The van der Waals surface area contributed by atoms with E-state index >= 15 is 0 Å². The topological polar surface area (TPSA) is 81.7 Å². The highest BCUT2D eigenvalue weighted by atomic mass is 32.2. The number of benzene rings is 1. The molecular formula is C13H15NO5S. The van der Waals surface area contributed by atoms with E-state index < -0.39 is 24.1 Å². The second kappa shape index (κ2) is 7.54. The van der Waals surface area contributed by atoms with Crippen molar-refractivity contribution in [1.29, 1.82) is 0 Å². The summed E-state index contributed by atoms with van der Waals surface area (Å²) in [7, 11) is 1.13. The number of thioether (sulfide) groups is 1. The van der Waals surface area contributed by atoms with Gasteiger partial charge in [-0.25, -0.2) is 9.59 Å². The van der Waals surface area contributed by atoms with Crippen LogP contribution in [-0.4, -0.2) is 37.4 Å². The Morgan fingerprint density at radius 2 is 1.80 bits per heavy atom. The van der Waals surface area contributed by atoms with E-state index in [1.54, 1.807) is 36.0 Å². The Balaban J connectivity index is 2.60. The summed E-state index contributed by atoms with van der Waals surface area (Å²) in [6.45, 7) is 1.37. The fourth-order valence-corrected chi connectivity index (χ4v) is 1.67. The van der Waals surface area contributed by atoms with Crippen LogP contribution in [0.25, 0.3) is 0 Å². The van der Waals surface area contributed by atoms with Crippen LogP contribution < -0.4 is 5.32 Å². The van der Waals surface area contributed by atoms with Gasteiger partial charge in [-0.2, -0.15) is 0 Å². The molecule has 1 aromatic carbocycles.